The predicted molar refractivity (Wildman–Crippen MR) is 120 cm³/mol. The standard InChI is InChI=1S/C22H18BN5OS/c1-11-6-8-24-17-12(2)9-16-26-21(29)14-10-15(23)18(27-20(14)28(16)19(11)17)13-5-4-7-25-22(13)30-3/h4-10,12H,1-3H3,(H,26,29). The maximum absolute atomic E-state index is 12.9. The molecule has 1 N–H and O–H groups in total. The summed E-state index contributed by atoms with van der Waals surface area (Å²) in [6.07, 6.45) is 7.53. The highest BCUT2D eigenvalue weighted by Gasteiger charge is 2.36. The van der Waals surface area contributed by atoms with Crippen molar-refractivity contribution < 1.29 is 4.79 Å². The summed E-state index contributed by atoms with van der Waals surface area (Å²) in [5.41, 5.74) is 5.29. The van der Waals surface area contributed by atoms with Gasteiger partial charge in [-0.05, 0) is 43.0 Å². The molecule has 1 atom stereocenters. The summed E-state index contributed by atoms with van der Waals surface area (Å²) in [4.78, 5) is 28.8. The summed E-state index contributed by atoms with van der Waals surface area (Å²) in [6, 6.07) is 7.47. The highest BCUT2D eigenvalue weighted by molar-refractivity contribution is 7.98. The Balaban J connectivity index is 1.79. The molecule has 0 bridgehead atoms. The van der Waals surface area contributed by atoms with Gasteiger partial charge in [0.1, 0.15) is 18.7 Å². The first kappa shape index (κ1) is 18.9. The van der Waals surface area contributed by atoms with E-state index in [1.165, 1.54) is 11.8 Å². The lowest BCUT2D eigenvalue weighted by molar-refractivity contribution is 0.0961. The molecule has 0 aliphatic carbocycles. The Bertz CT molecular complexity index is 1240. The van der Waals surface area contributed by atoms with E-state index < -0.39 is 0 Å². The zero-order valence-electron chi connectivity index (χ0n) is 16.8. The van der Waals surface area contributed by atoms with Crippen LogP contribution in [0.3, 0.4) is 0 Å². The molecule has 2 aliphatic heterocycles. The minimum atomic E-state index is -0.216. The number of nitrogens with one attached hydrogen (secondary N) is 1. The number of pyridine rings is 3. The second kappa shape index (κ2) is 6.99. The number of fused-ring (bicyclic) bond motifs is 5. The first-order valence-corrected chi connectivity index (χ1v) is 10.8. The van der Waals surface area contributed by atoms with Gasteiger partial charge < -0.3 is 5.32 Å². The van der Waals surface area contributed by atoms with E-state index in [-0.39, 0.29) is 11.8 Å². The fraction of sp³-hybridized carbons (Fsp3) is 0.182. The number of aryl methyl sites for hydroxylation is 1. The van der Waals surface area contributed by atoms with Gasteiger partial charge in [0.15, 0.2) is 5.82 Å². The monoisotopic (exact) mass is 411 g/mol. The number of allylic oxidation sites excluding steroid dienone is 1. The molecule has 0 spiro atoms. The second-order valence-corrected chi connectivity index (χ2v) is 8.14. The van der Waals surface area contributed by atoms with Gasteiger partial charge in [-0.1, -0.05) is 18.5 Å². The zero-order valence-corrected chi connectivity index (χ0v) is 17.6. The van der Waals surface area contributed by atoms with E-state index >= 15 is 0 Å². The predicted octanol–water partition coefficient (Wildman–Crippen LogP) is 3.20. The Kier molecular flexibility index (Phi) is 4.40. The number of carbonyl (C=O) groups excluding carboxylic acids is 1. The summed E-state index contributed by atoms with van der Waals surface area (Å²) < 4.78 is 0. The lowest BCUT2D eigenvalue weighted by atomic mass is 9.88. The molecule has 3 aromatic rings. The van der Waals surface area contributed by atoms with E-state index in [9.17, 15) is 4.79 Å². The van der Waals surface area contributed by atoms with Gasteiger partial charge in [-0.25, -0.2) is 9.97 Å². The second-order valence-electron chi connectivity index (χ2n) is 7.35. The van der Waals surface area contributed by atoms with Crippen LogP contribution in [-0.2, 0) is 0 Å². The quantitative estimate of drug-likeness (QED) is 0.516. The number of nitrogens with zero attached hydrogens (tertiary/aromatic N) is 4. The molecule has 0 aromatic carbocycles. The van der Waals surface area contributed by atoms with E-state index in [0.717, 1.165) is 27.5 Å². The first-order chi connectivity index (χ1) is 14.5. The Morgan fingerprint density at radius 1 is 1.20 bits per heavy atom. The molecule has 30 heavy (non-hydrogen) atoms. The molecule has 1 amide bonds. The molecule has 3 aromatic heterocycles. The summed E-state index contributed by atoms with van der Waals surface area (Å²) in [7, 11) is 6.35. The average Bonchev–Trinajstić information content (AvgIpc) is 2.74. The van der Waals surface area contributed by atoms with Crippen LogP contribution >= 0.6 is 11.8 Å². The van der Waals surface area contributed by atoms with Crippen LogP contribution in [0.25, 0.3) is 11.3 Å². The van der Waals surface area contributed by atoms with E-state index in [2.05, 4.69) is 22.2 Å². The maximum Gasteiger partial charge on any atom is 0.260 e. The lowest BCUT2D eigenvalue weighted by Crippen LogP contribution is -2.42. The molecule has 2 radical (unpaired) electrons. The fourth-order valence-corrected chi connectivity index (χ4v) is 4.56. The van der Waals surface area contributed by atoms with Crippen LogP contribution in [0.5, 0.6) is 0 Å². The topological polar surface area (TPSA) is 71.0 Å². The Labute approximate surface area is 180 Å². The molecule has 146 valence electrons. The van der Waals surface area contributed by atoms with Gasteiger partial charge in [0.2, 0.25) is 0 Å². The fourth-order valence-electron chi connectivity index (χ4n) is 4.01. The largest absolute Gasteiger partial charge is 0.308 e. The highest BCUT2D eigenvalue weighted by atomic mass is 32.2. The van der Waals surface area contributed by atoms with Crippen LogP contribution in [0.4, 0.5) is 11.5 Å². The molecular formula is C22H18BN5OS. The molecule has 0 saturated carbocycles. The van der Waals surface area contributed by atoms with Crippen molar-refractivity contribution in [2.75, 3.05) is 11.2 Å². The summed E-state index contributed by atoms with van der Waals surface area (Å²) in [5, 5.41) is 3.82. The third kappa shape index (κ3) is 2.74. The number of anilines is 2. The van der Waals surface area contributed by atoms with Crippen molar-refractivity contribution in [1.29, 1.82) is 0 Å². The normalized spacial score (nSPS) is 16.9. The molecule has 5 rings (SSSR count). The minimum absolute atomic E-state index is 0.0719. The molecule has 5 heterocycles. The number of amides is 1. The molecular weight excluding hydrogens is 393 g/mol. The van der Waals surface area contributed by atoms with E-state index in [4.69, 9.17) is 12.8 Å². The molecule has 2 aliphatic rings. The third-order valence-electron chi connectivity index (χ3n) is 5.41. The summed E-state index contributed by atoms with van der Waals surface area (Å²) >= 11 is 1.53. The summed E-state index contributed by atoms with van der Waals surface area (Å²) in [5.74, 6) is 1.10. The van der Waals surface area contributed by atoms with Crippen LogP contribution < -0.4 is 15.7 Å². The van der Waals surface area contributed by atoms with E-state index in [0.29, 0.717) is 28.4 Å². The van der Waals surface area contributed by atoms with Crippen LogP contribution in [0.2, 0.25) is 0 Å². The molecule has 0 fully saturated rings. The highest BCUT2D eigenvalue weighted by Crippen LogP contribution is 2.44. The number of hydrogen-bond donors (Lipinski definition) is 1. The van der Waals surface area contributed by atoms with Crippen molar-refractivity contribution in [3.05, 3.63) is 65.4 Å². The van der Waals surface area contributed by atoms with Gasteiger partial charge >= 0.3 is 0 Å². The third-order valence-corrected chi connectivity index (χ3v) is 6.12. The van der Waals surface area contributed by atoms with Crippen molar-refractivity contribution in [2.24, 2.45) is 0 Å². The first-order valence-electron chi connectivity index (χ1n) is 9.58. The van der Waals surface area contributed by atoms with Crippen molar-refractivity contribution in [2.45, 2.75) is 24.8 Å². The number of hydrogen-bond acceptors (Lipinski definition) is 6. The molecule has 8 heteroatoms. The van der Waals surface area contributed by atoms with Crippen LogP contribution in [0, 0.1) is 6.92 Å². The van der Waals surface area contributed by atoms with Gasteiger partial charge in [-0.2, -0.15) is 0 Å². The van der Waals surface area contributed by atoms with Crippen molar-refractivity contribution in [3.8, 4) is 11.3 Å². The minimum Gasteiger partial charge on any atom is -0.308 e. The van der Waals surface area contributed by atoms with Crippen molar-refractivity contribution >= 4 is 42.5 Å². The molecule has 6 nitrogen and oxygen atoms in total. The van der Waals surface area contributed by atoms with Crippen molar-refractivity contribution in [1.82, 2.24) is 20.3 Å². The zero-order chi connectivity index (χ0) is 21.0. The molecule has 0 saturated heterocycles. The lowest BCUT2D eigenvalue weighted by Gasteiger charge is -2.38. The van der Waals surface area contributed by atoms with Crippen LogP contribution in [-0.4, -0.2) is 35.0 Å². The average molecular weight is 411 g/mol. The summed E-state index contributed by atoms with van der Waals surface area (Å²) in [6.45, 7) is 4.11. The van der Waals surface area contributed by atoms with Gasteiger partial charge in [0.25, 0.3) is 5.91 Å². The Morgan fingerprint density at radius 2 is 2.03 bits per heavy atom. The Morgan fingerprint density at radius 3 is 2.83 bits per heavy atom. The number of rotatable bonds is 2. The number of aromatic nitrogens is 3. The van der Waals surface area contributed by atoms with E-state index in [1.807, 2.05) is 48.6 Å². The number of thioether (sulfide) groups is 1. The van der Waals surface area contributed by atoms with Gasteiger partial charge in [0.05, 0.1) is 22.6 Å². The van der Waals surface area contributed by atoms with Crippen LogP contribution in [0.1, 0.15) is 34.5 Å². The van der Waals surface area contributed by atoms with Gasteiger partial charge in [-0.3, -0.25) is 14.7 Å². The van der Waals surface area contributed by atoms with Gasteiger partial charge in [0, 0.05) is 23.9 Å². The smallest absolute Gasteiger partial charge is 0.260 e. The SMILES string of the molecule is [B]c1cc2c(nc1-c1cccnc1SC)N1C(=CC(C)c3nccc(C)c31)NC2=O. The van der Waals surface area contributed by atoms with E-state index in [1.54, 1.807) is 12.3 Å². The van der Waals surface area contributed by atoms with Crippen LogP contribution in [0.15, 0.2) is 53.6 Å². The van der Waals surface area contributed by atoms with Crippen molar-refractivity contribution in [3.63, 3.8) is 0 Å². The Hall–Kier alpha value is -3.13. The molecule has 1 unspecified atom stereocenters. The number of carbonyl (C=O) groups is 1. The van der Waals surface area contributed by atoms with Gasteiger partial charge in [-0.15, -0.1) is 11.8 Å². The maximum atomic E-state index is 12.9.